The smallest absolute Gasteiger partial charge is 0.0224 e. The van der Waals surface area contributed by atoms with Gasteiger partial charge in [0.1, 0.15) is 0 Å². The van der Waals surface area contributed by atoms with E-state index in [1.807, 2.05) is 0 Å². The van der Waals surface area contributed by atoms with E-state index in [-0.39, 0.29) is 0 Å². The minimum absolute atomic E-state index is 0.681. The highest BCUT2D eigenvalue weighted by atomic mass is 15.2. The van der Waals surface area contributed by atoms with Crippen LogP contribution in [-0.2, 0) is 0 Å². The Labute approximate surface area is 95.4 Å². The molecule has 1 N–H and O–H groups in total. The predicted molar refractivity (Wildman–Crippen MR) is 67.2 cm³/mol. The van der Waals surface area contributed by atoms with E-state index in [1.165, 1.54) is 25.9 Å². The lowest BCUT2D eigenvalue weighted by atomic mass is 9.96. The molecule has 0 bridgehead atoms. The molecule has 0 spiro atoms. The second kappa shape index (κ2) is 5.86. The van der Waals surface area contributed by atoms with Crippen LogP contribution in [0.2, 0.25) is 0 Å². The third-order valence-corrected chi connectivity index (χ3v) is 3.58. The number of hydrogen-bond donors (Lipinski definition) is 1. The summed E-state index contributed by atoms with van der Waals surface area (Å²) in [4.78, 5) is 2.69. The summed E-state index contributed by atoms with van der Waals surface area (Å²) in [6.07, 6.45) is 2.62. The van der Waals surface area contributed by atoms with Crippen molar-refractivity contribution in [3.8, 4) is 0 Å². The molecule has 1 aliphatic heterocycles. The molecule has 0 radical (unpaired) electrons. The van der Waals surface area contributed by atoms with Crippen LogP contribution in [0.5, 0.6) is 0 Å². The quantitative estimate of drug-likeness (QED) is 0.770. The maximum Gasteiger partial charge on any atom is 0.0224 e. The third-order valence-electron chi connectivity index (χ3n) is 3.58. The van der Waals surface area contributed by atoms with Gasteiger partial charge in [-0.25, -0.2) is 0 Å². The summed E-state index contributed by atoms with van der Waals surface area (Å²) in [6, 6.07) is 2.12. The number of nitrogens with zero attached hydrogens (tertiary/aromatic N) is 1. The average molecular weight is 212 g/mol. The summed E-state index contributed by atoms with van der Waals surface area (Å²) >= 11 is 0. The Morgan fingerprint density at radius 1 is 1.27 bits per heavy atom. The normalized spacial score (nSPS) is 29.0. The topological polar surface area (TPSA) is 15.3 Å². The Hall–Kier alpha value is -0.0800. The van der Waals surface area contributed by atoms with Gasteiger partial charge >= 0.3 is 0 Å². The van der Waals surface area contributed by atoms with Crippen LogP contribution in [0.1, 0.15) is 47.5 Å². The molecule has 90 valence electrons. The molecule has 1 saturated heterocycles. The highest BCUT2D eigenvalue weighted by Gasteiger charge is 2.29. The molecular formula is C13H28N2. The van der Waals surface area contributed by atoms with Crippen molar-refractivity contribution < 1.29 is 0 Å². The minimum atomic E-state index is 0.681. The van der Waals surface area contributed by atoms with Gasteiger partial charge in [0.25, 0.3) is 0 Å². The van der Waals surface area contributed by atoms with Gasteiger partial charge in [-0.1, -0.05) is 27.2 Å². The van der Waals surface area contributed by atoms with Crippen LogP contribution in [0.25, 0.3) is 0 Å². The van der Waals surface area contributed by atoms with E-state index in [0.29, 0.717) is 12.1 Å². The number of rotatable bonds is 4. The van der Waals surface area contributed by atoms with Gasteiger partial charge in [-0.05, 0) is 26.2 Å². The van der Waals surface area contributed by atoms with E-state index in [4.69, 9.17) is 0 Å². The SMILES string of the molecule is CCCC1CNC(C(C)C)CN1C(C)C. The fourth-order valence-electron chi connectivity index (χ4n) is 2.53. The summed E-state index contributed by atoms with van der Waals surface area (Å²) < 4.78 is 0. The molecule has 1 fully saturated rings. The van der Waals surface area contributed by atoms with Gasteiger partial charge in [0.15, 0.2) is 0 Å². The molecule has 0 aliphatic carbocycles. The molecule has 15 heavy (non-hydrogen) atoms. The molecule has 0 aromatic rings. The summed E-state index contributed by atoms with van der Waals surface area (Å²) in [6.45, 7) is 14.0. The average Bonchev–Trinajstić information content (AvgIpc) is 2.18. The summed E-state index contributed by atoms with van der Waals surface area (Å²) in [5.74, 6) is 0.744. The van der Waals surface area contributed by atoms with Crippen LogP contribution in [0.15, 0.2) is 0 Å². The number of nitrogens with one attached hydrogen (secondary N) is 1. The van der Waals surface area contributed by atoms with Crippen molar-refractivity contribution in [1.29, 1.82) is 0 Å². The first kappa shape index (κ1) is 13.0. The third kappa shape index (κ3) is 3.46. The summed E-state index contributed by atoms with van der Waals surface area (Å²) in [5, 5.41) is 3.70. The van der Waals surface area contributed by atoms with Gasteiger partial charge in [0.05, 0.1) is 0 Å². The lowest BCUT2D eigenvalue weighted by molar-refractivity contribution is 0.0779. The van der Waals surface area contributed by atoms with E-state index in [0.717, 1.165) is 12.0 Å². The fraction of sp³-hybridized carbons (Fsp3) is 1.00. The van der Waals surface area contributed by atoms with Crippen molar-refractivity contribution in [2.75, 3.05) is 13.1 Å². The first-order chi connectivity index (χ1) is 7.06. The zero-order chi connectivity index (χ0) is 11.4. The molecule has 0 aromatic heterocycles. The van der Waals surface area contributed by atoms with Gasteiger partial charge in [-0.3, -0.25) is 4.90 Å². The second-order valence-corrected chi connectivity index (χ2v) is 5.49. The fourth-order valence-corrected chi connectivity index (χ4v) is 2.53. The van der Waals surface area contributed by atoms with Crippen LogP contribution >= 0.6 is 0 Å². The van der Waals surface area contributed by atoms with E-state index in [9.17, 15) is 0 Å². The van der Waals surface area contributed by atoms with E-state index < -0.39 is 0 Å². The first-order valence-corrected chi connectivity index (χ1v) is 6.55. The van der Waals surface area contributed by atoms with Crippen molar-refractivity contribution in [3.05, 3.63) is 0 Å². The molecule has 2 atom stereocenters. The Balaban J connectivity index is 2.56. The van der Waals surface area contributed by atoms with Gasteiger partial charge in [0.2, 0.25) is 0 Å². The standard InChI is InChI=1S/C13H28N2/c1-6-7-12-8-14-13(10(2)3)9-15(12)11(4)5/h10-14H,6-9H2,1-5H3. The summed E-state index contributed by atoms with van der Waals surface area (Å²) in [5.41, 5.74) is 0. The van der Waals surface area contributed by atoms with Crippen molar-refractivity contribution in [1.82, 2.24) is 10.2 Å². The monoisotopic (exact) mass is 212 g/mol. The molecule has 2 nitrogen and oxygen atoms in total. The molecule has 1 heterocycles. The van der Waals surface area contributed by atoms with Crippen LogP contribution in [0.3, 0.4) is 0 Å². The Morgan fingerprint density at radius 3 is 2.40 bits per heavy atom. The molecule has 0 aromatic carbocycles. The minimum Gasteiger partial charge on any atom is -0.311 e. The van der Waals surface area contributed by atoms with Crippen LogP contribution in [0.4, 0.5) is 0 Å². The Kier molecular flexibility index (Phi) is 5.07. The second-order valence-electron chi connectivity index (χ2n) is 5.49. The number of piperazine rings is 1. The highest BCUT2D eigenvalue weighted by Crippen LogP contribution is 2.18. The van der Waals surface area contributed by atoms with E-state index in [1.54, 1.807) is 0 Å². The molecular weight excluding hydrogens is 184 g/mol. The zero-order valence-corrected chi connectivity index (χ0v) is 11.1. The van der Waals surface area contributed by atoms with Crippen molar-refractivity contribution in [2.24, 2.45) is 5.92 Å². The molecule has 1 rings (SSSR count). The van der Waals surface area contributed by atoms with Crippen molar-refractivity contribution in [3.63, 3.8) is 0 Å². The predicted octanol–water partition coefficient (Wildman–Crippen LogP) is 2.49. The number of hydrogen-bond acceptors (Lipinski definition) is 2. The van der Waals surface area contributed by atoms with Crippen LogP contribution < -0.4 is 5.32 Å². The van der Waals surface area contributed by atoms with Gasteiger partial charge in [-0.2, -0.15) is 0 Å². The Morgan fingerprint density at radius 2 is 1.93 bits per heavy atom. The maximum atomic E-state index is 3.70. The molecule has 2 unspecified atom stereocenters. The van der Waals surface area contributed by atoms with Gasteiger partial charge < -0.3 is 5.32 Å². The Bertz CT molecular complexity index is 177. The summed E-state index contributed by atoms with van der Waals surface area (Å²) in [7, 11) is 0. The molecule has 1 aliphatic rings. The lowest BCUT2D eigenvalue weighted by Gasteiger charge is -2.44. The van der Waals surface area contributed by atoms with Gasteiger partial charge in [-0.15, -0.1) is 0 Å². The lowest BCUT2D eigenvalue weighted by Crippen LogP contribution is -2.59. The molecule has 0 amide bonds. The maximum absolute atomic E-state index is 3.70. The van der Waals surface area contributed by atoms with Gasteiger partial charge in [0, 0.05) is 31.2 Å². The molecule has 0 saturated carbocycles. The van der Waals surface area contributed by atoms with Crippen molar-refractivity contribution >= 4 is 0 Å². The van der Waals surface area contributed by atoms with Crippen LogP contribution in [-0.4, -0.2) is 36.1 Å². The first-order valence-electron chi connectivity index (χ1n) is 6.55. The van der Waals surface area contributed by atoms with E-state index in [2.05, 4.69) is 44.8 Å². The molecule has 2 heteroatoms. The van der Waals surface area contributed by atoms with Crippen LogP contribution in [0, 0.1) is 5.92 Å². The zero-order valence-electron chi connectivity index (χ0n) is 11.1. The van der Waals surface area contributed by atoms with E-state index >= 15 is 0 Å². The largest absolute Gasteiger partial charge is 0.311 e. The highest BCUT2D eigenvalue weighted by molar-refractivity contribution is 4.88. The van der Waals surface area contributed by atoms with Crippen molar-refractivity contribution in [2.45, 2.75) is 65.6 Å².